The van der Waals surface area contributed by atoms with Crippen molar-refractivity contribution in [2.24, 2.45) is 5.92 Å². The van der Waals surface area contributed by atoms with Gasteiger partial charge in [-0.3, -0.25) is 4.79 Å². The number of carbonyl (C=O) groups excluding carboxylic acids is 1. The van der Waals surface area contributed by atoms with E-state index >= 15 is 0 Å². The average molecular weight is 478 g/mol. The number of nitrogens with zero attached hydrogens (tertiary/aromatic N) is 3. The summed E-state index contributed by atoms with van der Waals surface area (Å²) in [6, 6.07) is 5.49. The summed E-state index contributed by atoms with van der Waals surface area (Å²) < 4.78 is 43.4. The zero-order valence-corrected chi connectivity index (χ0v) is 20.5. The predicted octanol–water partition coefficient (Wildman–Crippen LogP) is 2.88. The number of sulfonamides is 1. The highest BCUT2D eigenvalue weighted by Crippen LogP contribution is 2.29. The van der Waals surface area contributed by atoms with E-state index in [1.807, 2.05) is 18.2 Å². The van der Waals surface area contributed by atoms with E-state index in [4.69, 9.17) is 14.0 Å². The van der Waals surface area contributed by atoms with Crippen molar-refractivity contribution in [1.29, 1.82) is 0 Å². The molecule has 9 nitrogen and oxygen atoms in total. The minimum Gasteiger partial charge on any atom is -0.493 e. The molecule has 0 N–H and O–H groups in total. The van der Waals surface area contributed by atoms with Gasteiger partial charge in [0.2, 0.25) is 15.9 Å². The molecule has 1 aliphatic heterocycles. The summed E-state index contributed by atoms with van der Waals surface area (Å²) in [5.41, 5.74) is 1.14. The van der Waals surface area contributed by atoms with E-state index < -0.39 is 10.0 Å². The smallest absolute Gasteiger partial charge is 0.248 e. The van der Waals surface area contributed by atoms with E-state index in [0.717, 1.165) is 5.56 Å². The number of piperazine rings is 1. The minimum atomic E-state index is -3.71. The molecule has 2 aromatic rings. The third-order valence-electron chi connectivity index (χ3n) is 5.29. The maximum absolute atomic E-state index is 12.9. The standard InChI is InChI=1S/C23H31N3O6S/c1-16(2)15-31-20-8-6-19(14-21(20)30-5)7-9-22(27)25-10-12-26(13-11-25)33(28,29)23-17(3)24-32-18(23)4/h6-9,14,16H,10-13,15H2,1-5H3/b9-7+. The Bertz CT molecular complexity index is 1100. The number of hydrogen-bond donors (Lipinski definition) is 0. The minimum absolute atomic E-state index is 0.108. The van der Waals surface area contributed by atoms with Crippen LogP contribution in [0.5, 0.6) is 11.5 Å². The summed E-state index contributed by atoms with van der Waals surface area (Å²) in [6.07, 6.45) is 3.20. The van der Waals surface area contributed by atoms with Crippen LogP contribution in [0.15, 0.2) is 33.7 Å². The van der Waals surface area contributed by atoms with Crippen LogP contribution in [0.25, 0.3) is 6.08 Å². The molecule has 1 saturated heterocycles. The number of aryl methyl sites for hydroxylation is 2. The summed E-state index contributed by atoms with van der Waals surface area (Å²) >= 11 is 0. The number of benzene rings is 1. The number of hydrogen-bond acceptors (Lipinski definition) is 7. The molecule has 0 unspecified atom stereocenters. The maximum atomic E-state index is 12.9. The van der Waals surface area contributed by atoms with Gasteiger partial charge < -0.3 is 18.9 Å². The van der Waals surface area contributed by atoms with Gasteiger partial charge in [-0.15, -0.1) is 0 Å². The Balaban J connectivity index is 1.61. The molecule has 3 rings (SSSR count). The molecule has 2 heterocycles. The number of aromatic nitrogens is 1. The van der Waals surface area contributed by atoms with Gasteiger partial charge in [-0.25, -0.2) is 8.42 Å². The highest BCUT2D eigenvalue weighted by Gasteiger charge is 2.33. The number of ether oxygens (including phenoxy) is 2. The molecule has 0 atom stereocenters. The molecule has 0 spiro atoms. The summed E-state index contributed by atoms with van der Waals surface area (Å²) in [7, 11) is -2.14. The predicted molar refractivity (Wildman–Crippen MR) is 124 cm³/mol. The first-order chi connectivity index (χ1) is 15.6. The van der Waals surface area contributed by atoms with Crippen LogP contribution in [0.2, 0.25) is 0 Å². The van der Waals surface area contributed by atoms with Crippen LogP contribution < -0.4 is 9.47 Å². The summed E-state index contributed by atoms with van der Waals surface area (Å²) in [5.74, 6) is 1.74. The lowest BCUT2D eigenvalue weighted by Crippen LogP contribution is -2.50. The topological polar surface area (TPSA) is 102 Å². The summed E-state index contributed by atoms with van der Waals surface area (Å²) in [5, 5.41) is 3.74. The first kappa shape index (κ1) is 24.8. The van der Waals surface area contributed by atoms with Crippen molar-refractivity contribution in [3.63, 3.8) is 0 Å². The van der Waals surface area contributed by atoms with Gasteiger partial charge in [0.05, 0.1) is 13.7 Å². The summed E-state index contributed by atoms with van der Waals surface area (Å²) in [4.78, 5) is 14.4. The van der Waals surface area contributed by atoms with Gasteiger partial charge in [0, 0.05) is 32.3 Å². The number of methoxy groups -OCH3 is 1. The molecular weight excluding hydrogens is 446 g/mol. The van der Waals surface area contributed by atoms with Crippen LogP contribution in [0.3, 0.4) is 0 Å². The molecule has 1 aromatic heterocycles. The van der Waals surface area contributed by atoms with Gasteiger partial charge in [0.25, 0.3) is 0 Å². The normalized spacial score (nSPS) is 15.4. The second kappa shape index (κ2) is 10.4. The van der Waals surface area contributed by atoms with Crippen LogP contribution in [0.4, 0.5) is 0 Å². The number of rotatable bonds is 8. The van der Waals surface area contributed by atoms with E-state index in [2.05, 4.69) is 19.0 Å². The van der Waals surface area contributed by atoms with Crippen LogP contribution >= 0.6 is 0 Å². The molecule has 0 saturated carbocycles. The van der Waals surface area contributed by atoms with Crippen molar-refractivity contribution in [2.75, 3.05) is 39.9 Å². The Hall–Kier alpha value is -2.85. The summed E-state index contributed by atoms with van der Waals surface area (Å²) in [6.45, 7) is 8.93. The Morgan fingerprint density at radius 2 is 1.88 bits per heavy atom. The third kappa shape index (κ3) is 5.75. The molecule has 1 aliphatic rings. The van der Waals surface area contributed by atoms with Crippen molar-refractivity contribution >= 4 is 22.0 Å². The lowest BCUT2D eigenvalue weighted by molar-refractivity contribution is -0.127. The SMILES string of the molecule is COc1cc(/C=C/C(=O)N2CCN(S(=O)(=O)c3c(C)noc3C)CC2)ccc1OCC(C)C. The van der Waals surface area contributed by atoms with Gasteiger partial charge in [0.1, 0.15) is 10.6 Å². The Morgan fingerprint density at radius 1 is 1.18 bits per heavy atom. The lowest BCUT2D eigenvalue weighted by atomic mass is 10.1. The number of amides is 1. The van der Waals surface area contributed by atoms with Crippen molar-refractivity contribution in [3.05, 3.63) is 41.3 Å². The van der Waals surface area contributed by atoms with Crippen LogP contribution in [-0.4, -0.2) is 68.6 Å². The van der Waals surface area contributed by atoms with Crippen molar-refractivity contribution in [3.8, 4) is 11.5 Å². The van der Waals surface area contributed by atoms with E-state index in [1.165, 1.54) is 10.4 Å². The Kier molecular flexibility index (Phi) is 7.80. The van der Waals surface area contributed by atoms with Gasteiger partial charge in [-0.2, -0.15) is 4.31 Å². The van der Waals surface area contributed by atoms with Crippen molar-refractivity contribution < 1.29 is 27.2 Å². The van der Waals surface area contributed by atoms with E-state index in [0.29, 0.717) is 42.8 Å². The van der Waals surface area contributed by atoms with Crippen LogP contribution in [0, 0.1) is 19.8 Å². The van der Waals surface area contributed by atoms with E-state index in [9.17, 15) is 13.2 Å². The maximum Gasteiger partial charge on any atom is 0.248 e. The quantitative estimate of drug-likeness (QED) is 0.539. The molecule has 33 heavy (non-hydrogen) atoms. The molecule has 10 heteroatoms. The van der Waals surface area contributed by atoms with Crippen LogP contribution in [0.1, 0.15) is 30.9 Å². The average Bonchev–Trinajstić information content (AvgIpc) is 3.14. The van der Waals surface area contributed by atoms with Gasteiger partial charge in [-0.1, -0.05) is 25.1 Å². The van der Waals surface area contributed by atoms with E-state index in [1.54, 1.807) is 31.9 Å². The Labute approximate surface area is 195 Å². The number of carbonyl (C=O) groups is 1. The van der Waals surface area contributed by atoms with Gasteiger partial charge in [0.15, 0.2) is 17.3 Å². The monoisotopic (exact) mass is 477 g/mol. The molecule has 0 radical (unpaired) electrons. The van der Waals surface area contributed by atoms with Crippen molar-refractivity contribution in [1.82, 2.24) is 14.4 Å². The molecule has 0 aliphatic carbocycles. The molecule has 1 fully saturated rings. The van der Waals surface area contributed by atoms with Gasteiger partial charge >= 0.3 is 0 Å². The molecule has 0 bridgehead atoms. The first-order valence-corrected chi connectivity index (χ1v) is 12.3. The highest BCUT2D eigenvalue weighted by atomic mass is 32.2. The second-order valence-corrected chi connectivity index (χ2v) is 10.2. The fraction of sp³-hybridized carbons (Fsp3) is 0.478. The lowest BCUT2D eigenvalue weighted by Gasteiger charge is -2.33. The zero-order chi connectivity index (χ0) is 24.2. The molecule has 1 amide bonds. The first-order valence-electron chi connectivity index (χ1n) is 10.8. The largest absolute Gasteiger partial charge is 0.493 e. The zero-order valence-electron chi connectivity index (χ0n) is 19.7. The highest BCUT2D eigenvalue weighted by molar-refractivity contribution is 7.89. The molecule has 1 aromatic carbocycles. The second-order valence-electron chi connectivity index (χ2n) is 8.33. The Morgan fingerprint density at radius 3 is 2.45 bits per heavy atom. The fourth-order valence-corrected chi connectivity index (χ4v) is 5.27. The van der Waals surface area contributed by atoms with E-state index in [-0.39, 0.29) is 29.7 Å². The van der Waals surface area contributed by atoms with Crippen molar-refractivity contribution in [2.45, 2.75) is 32.6 Å². The molecular formula is C23H31N3O6S. The molecule has 180 valence electrons. The third-order valence-corrected chi connectivity index (χ3v) is 7.44. The fourth-order valence-electron chi connectivity index (χ4n) is 3.56. The van der Waals surface area contributed by atoms with Gasteiger partial charge in [-0.05, 0) is 43.5 Å². The van der Waals surface area contributed by atoms with Crippen LogP contribution in [-0.2, 0) is 14.8 Å².